The zero-order chi connectivity index (χ0) is 50.5. The van der Waals surface area contributed by atoms with E-state index in [-0.39, 0.29) is 78.1 Å². The fourth-order valence-electron chi connectivity index (χ4n) is 19.4. The van der Waals surface area contributed by atoms with Crippen molar-refractivity contribution in [1.82, 2.24) is 15.3 Å². The quantitative estimate of drug-likeness (QED) is 0.0840. The standard InChI is InChI=1S/C56H88N4O11/c1-50(29-61)20-22-55(49(68)69)23-21-52(3)34(37(55)26-50)14-15-41-53(52,4)19-16-40-51(2,30-62)46(71-47-45(66)44(65)39(63)28-70-47)43(64)36(56(40,41)32-11-6-5-7-12-32)25-35-42(60-48(67)54(35)17-8-9-18-54)33(13-10-24-57)38-27-58-31-59-38/h14,27,31-33,35-37,39-47,61-66H,5-13,15-26,28-30,57H2,1-4H3,(H,58,59)(H,60,67)(H,68,69)/t33-,35+,36-,37+,39-,40-,41+,42-,43-,44+,45-,46-,47+,50+,51+,52-,53-,55+,56+/m1/s1. The molecular formula is C56H88N4O11. The van der Waals surface area contributed by atoms with Crippen LogP contribution >= 0.6 is 0 Å². The highest BCUT2D eigenvalue weighted by Gasteiger charge is 2.76. The Morgan fingerprint density at radius 2 is 1.62 bits per heavy atom. The van der Waals surface area contributed by atoms with E-state index in [1.165, 1.54) is 5.57 Å². The van der Waals surface area contributed by atoms with Crippen LogP contribution in [-0.4, -0.2) is 127 Å². The van der Waals surface area contributed by atoms with Crippen molar-refractivity contribution in [3.63, 3.8) is 0 Å². The van der Waals surface area contributed by atoms with Crippen LogP contribution < -0.4 is 11.1 Å². The lowest BCUT2D eigenvalue weighted by Crippen LogP contribution is -2.75. The van der Waals surface area contributed by atoms with Crippen molar-refractivity contribution in [2.45, 2.75) is 205 Å². The molecule has 15 nitrogen and oxygen atoms in total. The topological polar surface area (TPSA) is 261 Å². The van der Waals surface area contributed by atoms with Crippen LogP contribution in [-0.2, 0) is 19.1 Å². The van der Waals surface area contributed by atoms with Gasteiger partial charge >= 0.3 is 5.97 Å². The van der Waals surface area contributed by atoms with E-state index >= 15 is 4.79 Å². The molecule has 1 aromatic heterocycles. The second-order valence-corrected chi connectivity index (χ2v) is 26.1. The molecule has 0 unspecified atom stereocenters. The number of hydrogen-bond donors (Lipinski definition) is 10. The summed E-state index contributed by atoms with van der Waals surface area (Å²) in [5, 5.41) is 84.8. The number of aromatic nitrogens is 2. The number of carbonyl (C=O) groups is 2. The minimum atomic E-state index is -1.61. The molecule has 19 atom stereocenters. The van der Waals surface area contributed by atoms with E-state index < -0.39 is 75.8 Å². The Bertz CT molecular complexity index is 2130. The van der Waals surface area contributed by atoms with Crippen LogP contribution in [0.25, 0.3) is 0 Å². The van der Waals surface area contributed by atoms with Gasteiger partial charge in [-0.1, -0.05) is 71.4 Å². The van der Waals surface area contributed by atoms with E-state index in [0.717, 1.165) is 89.2 Å². The van der Waals surface area contributed by atoms with Gasteiger partial charge in [0.2, 0.25) is 5.91 Å². The number of carbonyl (C=O) groups excluding carboxylic acids is 1. The number of aliphatic hydroxyl groups excluding tert-OH is 6. The van der Waals surface area contributed by atoms with Crippen molar-refractivity contribution in [3.05, 3.63) is 29.9 Å². The van der Waals surface area contributed by atoms with Crippen molar-refractivity contribution < 1.29 is 54.8 Å². The van der Waals surface area contributed by atoms with E-state index in [4.69, 9.17) is 15.2 Å². The number of H-pyrrole nitrogens is 1. The monoisotopic (exact) mass is 993 g/mol. The molecular weight excluding hydrogens is 905 g/mol. The number of nitrogens with zero attached hydrogens (tertiary/aromatic N) is 1. The molecule has 10 rings (SSSR count). The van der Waals surface area contributed by atoms with Gasteiger partial charge in [-0.25, -0.2) is 4.98 Å². The average molecular weight is 993 g/mol. The van der Waals surface area contributed by atoms with Gasteiger partial charge in [-0.15, -0.1) is 0 Å². The predicted molar refractivity (Wildman–Crippen MR) is 264 cm³/mol. The lowest BCUT2D eigenvalue weighted by atomic mass is 9.29. The first-order valence-corrected chi connectivity index (χ1v) is 28.0. The maximum absolute atomic E-state index is 15.0. The maximum atomic E-state index is 15.0. The Labute approximate surface area is 420 Å². The number of ether oxygens (including phenoxy) is 2. The van der Waals surface area contributed by atoms with Crippen LogP contribution in [0.3, 0.4) is 0 Å². The minimum Gasteiger partial charge on any atom is -0.481 e. The van der Waals surface area contributed by atoms with E-state index in [0.29, 0.717) is 51.5 Å². The van der Waals surface area contributed by atoms with Crippen molar-refractivity contribution in [1.29, 1.82) is 0 Å². The third-order valence-corrected chi connectivity index (χ3v) is 23.4. The SMILES string of the molecule is C[C@]1(CO)CC[C@]2(C(=O)O)CC[C@]3(C)C(=CC[C@@H]4[C@@]5(C6CCCCC6)[C@H](C[C@H]6[C@@H]([C@H](CCCN)c7cnc[nH]7)NC(=O)C67CCCC7)[C@@H](O)[C@@H](O[C@@H]6OC[C@@H](O)[C@H](O)[C@H]6O)[C@@](C)(CO)[C@H]5CC[C@]43C)[C@@H]2C1. The molecule has 0 aromatic carbocycles. The molecule has 6 saturated carbocycles. The number of hydrogen-bond acceptors (Lipinski definition) is 12. The number of nitrogens with one attached hydrogen (secondary N) is 2. The van der Waals surface area contributed by atoms with E-state index in [9.17, 15) is 40.5 Å². The third kappa shape index (κ3) is 7.58. The molecule has 1 spiro atoms. The van der Waals surface area contributed by atoms with Gasteiger partial charge in [-0.3, -0.25) is 9.59 Å². The van der Waals surface area contributed by atoms with E-state index in [1.54, 1.807) is 6.33 Å². The molecule has 2 aliphatic heterocycles. The van der Waals surface area contributed by atoms with Crippen LogP contribution in [0.4, 0.5) is 0 Å². The molecule has 7 aliphatic carbocycles. The summed E-state index contributed by atoms with van der Waals surface area (Å²) >= 11 is 0. The summed E-state index contributed by atoms with van der Waals surface area (Å²) in [6, 6.07) is -0.285. The Kier molecular flexibility index (Phi) is 13.9. The molecule has 8 fully saturated rings. The molecule has 1 amide bonds. The van der Waals surface area contributed by atoms with Crippen LogP contribution in [0, 0.1) is 73.4 Å². The Morgan fingerprint density at radius 1 is 0.887 bits per heavy atom. The predicted octanol–water partition coefficient (Wildman–Crippen LogP) is 5.71. The first-order valence-electron chi connectivity index (χ1n) is 28.0. The first kappa shape index (κ1) is 52.0. The van der Waals surface area contributed by atoms with Crippen LogP contribution in [0.2, 0.25) is 0 Å². The summed E-state index contributed by atoms with van der Waals surface area (Å²) in [5.41, 5.74) is 4.04. The van der Waals surface area contributed by atoms with Crippen molar-refractivity contribution in [2.75, 3.05) is 26.4 Å². The molecule has 9 aliphatic rings. The van der Waals surface area contributed by atoms with Gasteiger partial charge < -0.3 is 61.3 Å². The number of aliphatic hydroxyl groups is 6. The van der Waals surface area contributed by atoms with Gasteiger partial charge in [-0.05, 0) is 160 Å². The fraction of sp³-hybridized carbons (Fsp3) is 0.875. The third-order valence-electron chi connectivity index (χ3n) is 23.4. The molecule has 398 valence electrons. The zero-order valence-electron chi connectivity index (χ0n) is 43.1. The summed E-state index contributed by atoms with van der Waals surface area (Å²) in [6.45, 7) is 8.99. The highest BCUT2D eigenvalue weighted by Crippen LogP contribution is 2.80. The Hall–Kier alpha value is -2.47. The molecule has 15 heteroatoms. The molecule has 11 N–H and O–H groups in total. The Balaban J connectivity index is 1.18. The summed E-state index contributed by atoms with van der Waals surface area (Å²) in [6.07, 6.45) is 13.7. The van der Waals surface area contributed by atoms with Gasteiger partial charge in [0.05, 0.1) is 42.6 Å². The summed E-state index contributed by atoms with van der Waals surface area (Å²) in [4.78, 5) is 36.6. The van der Waals surface area contributed by atoms with Crippen LogP contribution in [0.1, 0.15) is 168 Å². The number of aliphatic carboxylic acids is 1. The fourth-order valence-corrected chi connectivity index (χ4v) is 19.4. The largest absolute Gasteiger partial charge is 0.481 e. The second kappa shape index (κ2) is 19.0. The normalized spacial score (nSPS) is 47.9. The summed E-state index contributed by atoms with van der Waals surface area (Å²) in [7, 11) is 0. The van der Waals surface area contributed by atoms with Gasteiger partial charge in [0.25, 0.3) is 0 Å². The number of carboxylic acid groups (broad SMARTS) is 1. The summed E-state index contributed by atoms with van der Waals surface area (Å²) < 4.78 is 12.9. The molecule has 2 saturated heterocycles. The minimum absolute atomic E-state index is 0.000560. The molecule has 71 heavy (non-hydrogen) atoms. The average Bonchev–Trinajstić information content (AvgIpc) is 4.14. The zero-order valence-corrected chi connectivity index (χ0v) is 43.1. The van der Waals surface area contributed by atoms with Gasteiger partial charge in [-0.2, -0.15) is 0 Å². The Morgan fingerprint density at radius 3 is 2.28 bits per heavy atom. The number of fused-ring (bicyclic) bond motifs is 7. The highest BCUT2D eigenvalue weighted by atomic mass is 16.7. The van der Waals surface area contributed by atoms with Crippen molar-refractivity contribution in [2.24, 2.45) is 79.1 Å². The van der Waals surface area contributed by atoms with Gasteiger partial charge in [0.1, 0.15) is 18.3 Å². The molecule has 0 radical (unpaired) electrons. The smallest absolute Gasteiger partial charge is 0.310 e. The van der Waals surface area contributed by atoms with Crippen LogP contribution in [0.5, 0.6) is 0 Å². The number of rotatable bonds is 13. The van der Waals surface area contributed by atoms with E-state index in [1.807, 2.05) is 6.20 Å². The number of amides is 1. The second-order valence-electron chi connectivity index (χ2n) is 26.1. The van der Waals surface area contributed by atoms with Crippen LogP contribution in [0.15, 0.2) is 24.2 Å². The number of imidazole rings is 1. The highest BCUT2D eigenvalue weighted by molar-refractivity contribution is 5.86. The van der Waals surface area contributed by atoms with E-state index in [2.05, 4.69) is 49.1 Å². The molecule has 1 aromatic rings. The van der Waals surface area contributed by atoms with Crippen molar-refractivity contribution >= 4 is 11.9 Å². The van der Waals surface area contributed by atoms with Gasteiger partial charge in [0, 0.05) is 35.9 Å². The molecule has 3 heterocycles. The summed E-state index contributed by atoms with van der Waals surface area (Å²) in [5.74, 6) is -1.67. The number of nitrogens with two attached hydrogens (primary N) is 1. The molecule has 0 bridgehead atoms. The number of carboxylic acids is 1. The lowest BCUT2D eigenvalue weighted by molar-refractivity contribution is -0.350. The lowest BCUT2D eigenvalue weighted by Gasteiger charge is -2.76. The maximum Gasteiger partial charge on any atom is 0.310 e. The number of aromatic amines is 1. The van der Waals surface area contributed by atoms with Gasteiger partial charge in [0.15, 0.2) is 6.29 Å². The van der Waals surface area contributed by atoms with Crippen molar-refractivity contribution in [3.8, 4) is 0 Å². The number of allylic oxidation sites excluding steroid dienone is 2. The first-order chi connectivity index (χ1) is 33.9.